The van der Waals surface area contributed by atoms with Crippen LogP contribution < -0.4 is 10.6 Å². The number of halogens is 1. The molecule has 178 valence electrons. The molecule has 1 aliphatic carbocycles. The predicted octanol–water partition coefficient (Wildman–Crippen LogP) is 5.83. The first-order chi connectivity index (χ1) is 17.2. The van der Waals surface area contributed by atoms with Crippen LogP contribution in [0.15, 0.2) is 54.9 Å². The molecule has 0 amide bonds. The van der Waals surface area contributed by atoms with Crippen LogP contribution in [0.3, 0.4) is 0 Å². The number of benzene rings is 2. The van der Waals surface area contributed by atoms with Gasteiger partial charge in [0.25, 0.3) is 0 Å². The fraction of sp³-hybridized carbons (Fsp3) is 0.333. The van der Waals surface area contributed by atoms with E-state index >= 15 is 0 Å². The van der Waals surface area contributed by atoms with E-state index < -0.39 is 6.02 Å². The van der Waals surface area contributed by atoms with E-state index in [1.807, 2.05) is 18.2 Å². The van der Waals surface area contributed by atoms with Gasteiger partial charge in [0, 0.05) is 23.8 Å². The summed E-state index contributed by atoms with van der Waals surface area (Å²) in [6.45, 7) is 7.03. The standard InChI is InChI=1S/C27H28FN7/c1-27(2,3)16-31-25-18(13-29)14-30-23-11-8-20(12-22(23)25)32-26(17-4-6-19(28)7-5-17)24-15-35(34-33-24)21-9-10-21/h4-8,11-12,14-15,21,26,32H,9-10,16H2,1-3H3,(H,30,31)/t26-/m0/s1/i26D. The van der Waals surface area contributed by atoms with Gasteiger partial charge < -0.3 is 10.6 Å². The summed E-state index contributed by atoms with van der Waals surface area (Å²) in [5.41, 5.74) is 3.47. The van der Waals surface area contributed by atoms with Crippen molar-refractivity contribution in [1.82, 2.24) is 20.0 Å². The van der Waals surface area contributed by atoms with Crippen molar-refractivity contribution < 1.29 is 5.76 Å². The molecule has 2 aromatic carbocycles. The Morgan fingerprint density at radius 3 is 2.69 bits per heavy atom. The summed E-state index contributed by atoms with van der Waals surface area (Å²) in [5.74, 6) is -0.377. The van der Waals surface area contributed by atoms with Gasteiger partial charge in [-0.05, 0) is 54.2 Å². The molecule has 0 saturated heterocycles. The molecule has 2 aromatic heterocycles. The van der Waals surface area contributed by atoms with E-state index in [1.165, 1.54) is 12.1 Å². The topological polar surface area (TPSA) is 91.5 Å². The lowest BCUT2D eigenvalue weighted by Gasteiger charge is -2.22. The summed E-state index contributed by atoms with van der Waals surface area (Å²) in [7, 11) is 0. The SMILES string of the molecule is [2H][C@](Nc1ccc2ncc(C#N)c(NCC(C)(C)C)c2c1)(c1ccc(F)cc1)c1cn(C2CC2)nn1. The lowest BCUT2D eigenvalue weighted by Crippen LogP contribution is -2.19. The fourth-order valence-corrected chi connectivity index (χ4v) is 3.85. The van der Waals surface area contributed by atoms with E-state index in [-0.39, 0.29) is 11.2 Å². The number of aromatic nitrogens is 4. The third-order valence-corrected chi connectivity index (χ3v) is 5.87. The average molecular weight is 471 g/mol. The Morgan fingerprint density at radius 2 is 2.00 bits per heavy atom. The predicted molar refractivity (Wildman–Crippen MR) is 135 cm³/mol. The van der Waals surface area contributed by atoms with Gasteiger partial charge in [0.1, 0.15) is 17.6 Å². The Morgan fingerprint density at radius 1 is 1.23 bits per heavy atom. The second-order valence-electron chi connectivity index (χ2n) is 10.1. The van der Waals surface area contributed by atoms with E-state index in [0.29, 0.717) is 40.8 Å². The zero-order chi connectivity index (χ0) is 25.5. The minimum Gasteiger partial charge on any atom is -0.383 e. The van der Waals surface area contributed by atoms with Crippen molar-refractivity contribution in [2.45, 2.75) is 45.7 Å². The van der Waals surface area contributed by atoms with Gasteiger partial charge in [0.05, 0.1) is 36.4 Å². The number of anilines is 2. The summed E-state index contributed by atoms with van der Waals surface area (Å²) in [6.07, 6.45) is 5.44. The van der Waals surface area contributed by atoms with Crippen molar-refractivity contribution in [2.75, 3.05) is 17.2 Å². The third-order valence-electron chi connectivity index (χ3n) is 5.87. The van der Waals surface area contributed by atoms with E-state index in [4.69, 9.17) is 0 Å². The highest BCUT2D eigenvalue weighted by molar-refractivity contribution is 5.96. The molecule has 0 radical (unpaired) electrons. The molecular formula is C27H28FN7. The van der Waals surface area contributed by atoms with Gasteiger partial charge in [-0.25, -0.2) is 9.07 Å². The smallest absolute Gasteiger partial charge is 0.123 e. The number of fused-ring (bicyclic) bond motifs is 1. The largest absolute Gasteiger partial charge is 0.383 e. The molecule has 1 fully saturated rings. The van der Waals surface area contributed by atoms with E-state index in [2.05, 4.69) is 52.8 Å². The Bertz CT molecular complexity index is 1450. The van der Waals surface area contributed by atoms with Crippen LogP contribution in [0.2, 0.25) is 0 Å². The maximum atomic E-state index is 13.7. The molecule has 0 aliphatic heterocycles. The van der Waals surface area contributed by atoms with Crippen molar-refractivity contribution >= 4 is 22.3 Å². The number of pyridine rings is 1. The highest BCUT2D eigenvalue weighted by Crippen LogP contribution is 2.36. The minimum atomic E-state index is -1.52. The average Bonchev–Trinajstić information content (AvgIpc) is 3.57. The van der Waals surface area contributed by atoms with Gasteiger partial charge in [-0.3, -0.25) is 4.98 Å². The zero-order valence-electron chi connectivity index (χ0n) is 21.0. The molecule has 0 bridgehead atoms. The van der Waals surface area contributed by atoms with Gasteiger partial charge in [-0.15, -0.1) is 5.10 Å². The molecule has 5 rings (SSSR count). The Kier molecular flexibility index (Phi) is 5.53. The van der Waals surface area contributed by atoms with Crippen molar-refractivity contribution in [3.05, 3.63) is 77.5 Å². The van der Waals surface area contributed by atoms with Gasteiger partial charge >= 0.3 is 0 Å². The molecule has 0 unspecified atom stereocenters. The first kappa shape index (κ1) is 21.5. The summed E-state index contributed by atoms with van der Waals surface area (Å²) in [6, 6.07) is 12.4. The maximum absolute atomic E-state index is 13.7. The number of nitrogens with zero attached hydrogens (tertiary/aromatic N) is 5. The lowest BCUT2D eigenvalue weighted by molar-refractivity contribution is 0.443. The van der Waals surface area contributed by atoms with E-state index in [9.17, 15) is 11.0 Å². The summed E-state index contributed by atoms with van der Waals surface area (Å²) in [4.78, 5) is 4.45. The van der Waals surface area contributed by atoms with Crippen molar-refractivity contribution in [2.24, 2.45) is 5.41 Å². The molecule has 1 atom stereocenters. The Balaban J connectivity index is 1.58. The molecule has 7 nitrogen and oxygen atoms in total. The second kappa shape index (κ2) is 8.99. The summed E-state index contributed by atoms with van der Waals surface area (Å²) < 4.78 is 25.0. The Labute approximate surface area is 205 Å². The quantitative estimate of drug-likeness (QED) is 0.353. The molecule has 1 saturated carbocycles. The van der Waals surface area contributed by atoms with Crippen LogP contribution in [0, 0.1) is 22.6 Å². The summed E-state index contributed by atoms with van der Waals surface area (Å²) in [5, 5.41) is 25.8. The second-order valence-corrected chi connectivity index (χ2v) is 10.1. The minimum absolute atomic E-state index is 0.00444. The monoisotopic (exact) mass is 470 g/mol. The maximum Gasteiger partial charge on any atom is 0.123 e. The van der Waals surface area contributed by atoms with Crippen LogP contribution in [0.4, 0.5) is 15.8 Å². The van der Waals surface area contributed by atoms with E-state index in [0.717, 1.165) is 23.7 Å². The van der Waals surface area contributed by atoms with Crippen molar-refractivity contribution in [3.63, 3.8) is 0 Å². The lowest BCUT2D eigenvalue weighted by atomic mass is 9.96. The highest BCUT2D eigenvalue weighted by atomic mass is 19.1. The summed E-state index contributed by atoms with van der Waals surface area (Å²) >= 11 is 0. The number of nitriles is 1. The molecule has 8 heteroatoms. The van der Waals surface area contributed by atoms with Gasteiger partial charge in [-0.1, -0.05) is 38.1 Å². The molecular weight excluding hydrogens is 441 g/mol. The number of hydrogen-bond donors (Lipinski definition) is 2. The third kappa shape index (κ3) is 5.09. The van der Waals surface area contributed by atoms with Gasteiger partial charge in [0.15, 0.2) is 0 Å². The molecule has 0 spiro atoms. The highest BCUT2D eigenvalue weighted by Gasteiger charge is 2.27. The molecule has 35 heavy (non-hydrogen) atoms. The molecule has 4 aromatic rings. The molecule has 2 N–H and O–H groups in total. The number of hydrogen-bond acceptors (Lipinski definition) is 6. The van der Waals surface area contributed by atoms with Crippen molar-refractivity contribution in [1.29, 1.82) is 5.26 Å². The normalized spacial score (nSPS) is 15.8. The van der Waals surface area contributed by atoms with Crippen LogP contribution in [-0.2, 0) is 0 Å². The fourth-order valence-electron chi connectivity index (χ4n) is 3.85. The molecule has 2 heterocycles. The van der Waals surface area contributed by atoms with Crippen LogP contribution in [-0.4, -0.2) is 26.5 Å². The zero-order valence-corrected chi connectivity index (χ0v) is 20.0. The first-order valence-corrected chi connectivity index (χ1v) is 11.7. The van der Waals surface area contributed by atoms with Crippen LogP contribution >= 0.6 is 0 Å². The number of nitrogens with one attached hydrogen (secondary N) is 2. The van der Waals surface area contributed by atoms with Crippen molar-refractivity contribution in [3.8, 4) is 6.07 Å². The van der Waals surface area contributed by atoms with Crippen LogP contribution in [0.5, 0.6) is 0 Å². The van der Waals surface area contributed by atoms with Gasteiger partial charge in [-0.2, -0.15) is 5.26 Å². The number of rotatable bonds is 7. The van der Waals surface area contributed by atoms with E-state index in [1.54, 1.807) is 29.2 Å². The van der Waals surface area contributed by atoms with Gasteiger partial charge in [0.2, 0.25) is 0 Å². The van der Waals surface area contributed by atoms with Crippen LogP contribution in [0.25, 0.3) is 10.9 Å². The molecule has 1 aliphatic rings. The Hall–Kier alpha value is -3.99. The first-order valence-electron chi connectivity index (χ1n) is 12.2. The van der Waals surface area contributed by atoms with Crippen LogP contribution in [0.1, 0.15) is 63.9 Å².